The van der Waals surface area contributed by atoms with Gasteiger partial charge in [-0.3, -0.25) is 29.9 Å². The third kappa shape index (κ3) is 5.21. The molecule has 0 saturated carbocycles. The maximum atomic E-state index is 12.2. The molecule has 3 rings (SSSR count). The Hall–Kier alpha value is -4.28. The smallest absolute Gasteiger partial charge is 0.338 e. The lowest BCUT2D eigenvalue weighted by molar-refractivity contribution is -0.384. The number of nitrogens with one attached hydrogen (secondary N) is 2. The van der Waals surface area contributed by atoms with Crippen molar-refractivity contribution in [3.05, 3.63) is 63.7 Å². The molecular formula is C20H18N4O7. The third-order valence-electron chi connectivity index (χ3n) is 4.37. The van der Waals surface area contributed by atoms with Crippen molar-refractivity contribution in [3.8, 4) is 0 Å². The maximum absolute atomic E-state index is 12.2. The summed E-state index contributed by atoms with van der Waals surface area (Å²) in [4.78, 5) is 58.1. The fraction of sp³-hybridized carbons (Fsp3) is 0.200. The lowest BCUT2D eigenvalue weighted by atomic mass is 10.2. The Balaban J connectivity index is 1.58. The number of carbonyl (C=O) groups is 4. The van der Waals surface area contributed by atoms with Crippen molar-refractivity contribution in [2.75, 3.05) is 16.9 Å². The molecule has 1 fully saturated rings. The summed E-state index contributed by atoms with van der Waals surface area (Å²) in [6.45, 7) is 1.03. The van der Waals surface area contributed by atoms with Gasteiger partial charge in [-0.25, -0.2) is 9.80 Å². The van der Waals surface area contributed by atoms with Crippen molar-refractivity contribution < 1.29 is 28.8 Å². The number of ether oxygens (including phenoxy) is 1. The number of carbonyl (C=O) groups excluding carboxylic acids is 4. The molecule has 0 radical (unpaired) electrons. The van der Waals surface area contributed by atoms with Gasteiger partial charge in [0.15, 0.2) is 6.61 Å². The number of hydrogen-bond acceptors (Lipinski definition) is 7. The fourth-order valence-corrected chi connectivity index (χ4v) is 2.83. The van der Waals surface area contributed by atoms with Crippen LogP contribution in [-0.2, 0) is 19.1 Å². The largest absolute Gasteiger partial charge is 0.452 e. The van der Waals surface area contributed by atoms with Crippen LogP contribution in [0.25, 0.3) is 0 Å². The summed E-state index contributed by atoms with van der Waals surface area (Å²) in [5.41, 5.74) is 3.31. The number of anilines is 2. The topological polar surface area (TPSA) is 148 Å². The first-order valence-corrected chi connectivity index (χ1v) is 9.19. The van der Waals surface area contributed by atoms with E-state index in [1.165, 1.54) is 36.4 Å². The highest BCUT2D eigenvalue weighted by atomic mass is 16.6. The van der Waals surface area contributed by atoms with Crippen LogP contribution in [0.4, 0.5) is 17.1 Å². The maximum Gasteiger partial charge on any atom is 0.338 e. The van der Waals surface area contributed by atoms with E-state index in [9.17, 15) is 29.3 Å². The molecule has 2 aromatic rings. The van der Waals surface area contributed by atoms with Gasteiger partial charge in [-0.1, -0.05) is 6.07 Å². The molecule has 1 aliphatic heterocycles. The lowest BCUT2D eigenvalue weighted by Crippen LogP contribution is -2.50. The highest BCUT2D eigenvalue weighted by molar-refractivity contribution is 6.01. The van der Waals surface area contributed by atoms with E-state index < -0.39 is 23.4 Å². The minimum Gasteiger partial charge on any atom is -0.452 e. The highest BCUT2D eigenvalue weighted by Gasteiger charge is 2.24. The van der Waals surface area contributed by atoms with Gasteiger partial charge in [0.25, 0.3) is 11.6 Å². The molecule has 160 valence electrons. The summed E-state index contributed by atoms with van der Waals surface area (Å²) in [6.07, 6.45) is 0.206. The number of nitrogens with zero attached hydrogens (tertiary/aromatic N) is 2. The Morgan fingerprint density at radius 1 is 1.16 bits per heavy atom. The van der Waals surface area contributed by atoms with Crippen molar-refractivity contribution in [1.29, 1.82) is 0 Å². The number of benzene rings is 2. The monoisotopic (exact) mass is 426 g/mol. The number of rotatable bonds is 6. The number of hydrazine groups is 1. The van der Waals surface area contributed by atoms with Crippen LogP contribution in [0.5, 0.6) is 0 Å². The van der Waals surface area contributed by atoms with E-state index in [1.54, 1.807) is 13.0 Å². The molecule has 1 saturated heterocycles. The summed E-state index contributed by atoms with van der Waals surface area (Å²) < 4.78 is 4.94. The van der Waals surface area contributed by atoms with Crippen molar-refractivity contribution in [2.45, 2.75) is 19.8 Å². The minimum absolute atomic E-state index is 0.00533. The summed E-state index contributed by atoms with van der Waals surface area (Å²) in [5, 5.41) is 14.6. The Morgan fingerprint density at radius 2 is 1.87 bits per heavy atom. The van der Waals surface area contributed by atoms with Crippen molar-refractivity contribution in [1.82, 2.24) is 5.43 Å². The second-order valence-electron chi connectivity index (χ2n) is 6.71. The van der Waals surface area contributed by atoms with Gasteiger partial charge < -0.3 is 10.1 Å². The highest BCUT2D eigenvalue weighted by Crippen LogP contribution is 2.25. The predicted molar refractivity (Wildman–Crippen MR) is 108 cm³/mol. The first kappa shape index (κ1) is 21.4. The fourth-order valence-electron chi connectivity index (χ4n) is 2.83. The third-order valence-corrected chi connectivity index (χ3v) is 4.37. The average Bonchev–Trinajstić information content (AvgIpc) is 2.75. The molecule has 11 heteroatoms. The Kier molecular flexibility index (Phi) is 6.24. The first-order chi connectivity index (χ1) is 14.7. The Labute approximate surface area is 176 Å². The number of esters is 1. The normalized spacial score (nSPS) is 13.4. The predicted octanol–water partition coefficient (Wildman–Crippen LogP) is 1.86. The van der Waals surface area contributed by atoms with Crippen molar-refractivity contribution in [3.63, 3.8) is 0 Å². The summed E-state index contributed by atoms with van der Waals surface area (Å²) in [6, 6.07) is 9.99. The van der Waals surface area contributed by atoms with Crippen LogP contribution in [0.3, 0.4) is 0 Å². The number of hydrogen-bond donors (Lipinski definition) is 2. The molecule has 11 nitrogen and oxygen atoms in total. The van der Waals surface area contributed by atoms with Crippen LogP contribution in [0.2, 0.25) is 0 Å². The van der Waals surface area contributed by atoms with Gasteiger partial charge in [-0.15, -0.1) is 0 Å². The minimum atomic E-state index is -0.797. The van der Waals surface area contributed by atoms with E-state index in [-0.39, 0.29) is 41.6 Å². The molecule has 1 aliphatic rings. The number of amides is 3. The van der Waals surface area contributed by atoms with Gasteiger partial charge in [0.05, 0.1) is 16.2 Å². The second-order valence-corrected chi connectivity index (χ2v) is 6.71. The van der Waals surface area contributed by atoms with Gasteiger partial charge in [0.1, 0.15) is 5.69 Å². The van der Waals surface area contributed by atoms with Crippen LogP contribution in [0.1, 0.15) is 28.8 Å². The Morgan fingerprint density at radius 3 is 2.55 bits per heavy atom. The number of aryl methyl sites for hydroxylation is 1. The summed E-state index contributed by atoms with van der Waals surface area (Å²) in [5.74, 6) is -2.10. The van der Waals surface area contributed by atoms with Gasteiger partial charge >= 0.3 is 5.97 Å². The van der Waals surface area contributed by atoms with E-state index in [1.807, 2.05) is 0 Å². The average molecular weight is 426 g/mol. The molecule has 2 aromatic carbocycles. The quantitative estimate of drug-likeness (QED) is 0.407. The number of nitro groups is 1. The van der Waals surface area contributed by atoms with Crippen LogP contribution in [-0.4, -0.2) is 35.2 Å². The summed E-state index contributed by atoms with van der Waals surface area (Å²) >= 11 is 0. The lowest BCUT2D eigenvalue weighted by Gasteiger charge is -2.27. The zero-order chi connectivity index (χ0) is 22.5. The molecule has 0 bridgehead atoms. The molecule has 0 unspecified atom stereocenters. The van der Waals surface area contributed by atoms with Crippen LogP contribution in [0, 0.1) is 17.0 Å². The molecule has 0 atom stereocenters. The standard InChI is InChI=1S/C20H18N4O7/c1-12-2-7-15(16(10-12)24(29)30)21-18(26)11-31-20(28)13-3-5-14(6-4-13)23-19(27)9-8-17(25)22-23/h2-7,10H,8-9,11H2,1H3,(H,21,26)(H,22,25). The molecular weight excluding hydrogens is 408 g/mol. The van der Waals surface area contributed by atoms with Crippen LogP contribution < -0.4 is 15.8 Å². The van der Waals surface area contributed by atoms with Gasteiger partial charge in [0, 0.05) is 18.9 Å². The van der Waals surface area contributed by atoms with Gasteiger partial charge in [-0.2, -0.15) is 0 Å². The number of nitro benzene ring substituents is 1. The van der Waals surface area contributed by atoms with Gasteiger partial charge in [0.2, 0.25) is 11.8 Å². The second kappa shape index (κ2) is 9.03. The SMILES string of the molecule is Cc1ccc(NC(=O)COC(=O)c2ccc(N3NC(=O)CCC3=O)cc2)c([N+](=O)[O-])c1. The van der Waals surface area contributed by atoms with E-state index in [4.69, 9.17) is 4.74 Å². The molecule has 1 heterocycles. The van der Waals surface area contributed by atoms with Crippen LogP contribution >= 0.6 is 0 Å². The van der Waals surface area contributed by atoms with Gasteiger partial charge in [-0.05, 0) is 42.8 Å². The van der Waals surface area contributed by atoms with E-state index in [0.29, 0.717) is 11.3 Å². The van der Waals surface area contributed by atoms with Crippen molar-refractivity contribution in [2.24, 2.45) is 0 Å². The van der Waals surface area contributed by atoms with Crippen molar-refractivity contribution >= 4 is 40.8 Å². The molecule has 0 spiro atoms. The zero-order valence-electron chi connectivity index (χ0n) is 16.4. The Bertz CT molecular complexity index is 1070. The summed E-state index contributed by atoms with van der Waals surface area (Å²) in [7, 11) is 0. The molecule has 31 heavy (non-hydrogen) atoms. The zero-order valence-corrected chi connectivity index (χ0v) is 16.4. The molecule has 3 amide bonds. The van der Waals surface area contributed by atoms with E-state index >= 15 is 0 Å². The van der Waals surface area contributed by atoms with Crippen LogP contribution in [0.15, 0.2) is 42.5 Å². The van der Waals surface area contributed by atoms with E-state index in [2.05, 4.69) is 10.7 Å². The molecule has 2 N–H and O–H groups in total. The molecule has 0 aromatic heterocycles. The van der Waals surface area contributed by atoms with E-state index in [0.717, 1.165) is 5.01 Å². The first-order valence-electron chi connectivity index (χ1n) is 9.19. The molecule has 0 aliphatic carbocycles.